The van der Waals surface area contributed by atoms with E-state index in [1.54, 1.807) is 36.4 Å². The van der Waals surface area contributed by atoms with Crippen molar-refractivity contribution in [2.45, 2.75) is 13.2 Å². The van der Waals surface area contributed by atoms with Crippen molar-refractivity contribution in [3.05, 3.63) is 90.0 Å². The van der Waals surface area contributed by atoms with Crippen molar-refractivity contribution in [3.63, 3.8) is 0 Å². The molecule has 0 aromatic heterocycles. The molecule has 1 N–H and O–H groups in total. The Morgan fingerprint density at radius 1 is 1.00 bits per heavy atom. The van der Waals surface area contributed by atoms with Gasteiger partial charge in [0.25, 0.3) is 0 Å². The van der Waals surface area contributed by atoms with Gasteiger partial charge in [0, 0.05) is 11.8 Å². The van der Waals surface area contributed by atoms with Crippen LogP contribution >= 0.6 is 0 Å². The highest BCUT2D eigenvalue weighted by Crippen LogP contribution is 2.29. The average molecular weight is 425 g/mol. The monoisotopic (exact) mass is 425 g/mol. The van der Waals surface area contributed by atoms with Crippen LogP contribution in [0.2, 0.25) is 0 Å². The van der Waals surface area contributed by atoms with Gasteiger partial charge in [-0.25, -0.2) is 0 Å². The summed E-state index contributed by atoms with van der Waals surface area (Å²) in [6, 6.07) is 21.2. The molecule has 0 aliphatic rings. The fourth-order valence-electron chi connectivity index (χ4n) is 2.71. The lowest BCUT2D eigenvalue weighted by Crippen LogP contribution is -2.07. The molecular formula is C24H21F2NO4. The van der Waals surface area contributed by atoms with Gasteiger partial charge in [0.15, 0.2) is 11.5 Å². The largest absolute Gasteiger partial charge is 0.493 e. The summed E-state index contributed by atoms with van der Waals surface area (Å²) >= 11 is 0. The molecule has 0 bridgehead atoms. The van der Waals surface area contributed by atoms with E-state index in [-0.39, 0.29) is 17.4 Å². The molecule has 0 spiro atoms. The molecule has 0 radical (unpaired) electrons. The van der Waals surface area contributed by atoms with Crippen LogP contribution in [0.5, 0.6) is 17.2 Å². The molecular weight excluding hydrogens is 404 g/mol. The van der Waals surface area contributed by atoms with Crippen molar-refractivity contribution < 1.29 is 27.8 Å². The Morgan fingerprint density at radius 3 is 2.42 bits per heavy atom. The Kier molecular flexibility index (Phi) is 7.59. The summed E-state index contributed by atoms with van der Waals surface area (Å²) < 4.78 is 39.9. The predicted molar refractivity (Wildman–Crippen MR) is 115 cm³/mol. The molecule has 3 aromatic carbocycles. The molecule has 0 atom stereocenters. The zero-order valence-electron chi connectivity index (χ0n) is 16.8. The smallest absolute Gasteiger partial charge is 0.387 e. The summed E-state index contributed by atoms with van der Waals surface area (Å²) in [4.78, 5) is 12.2. The van der Waals surface area contributed by atoms with Crippen molar-refractivity contribution in [2.75, 3.05) is 12.4 Å². The summed E-state index contributed by atoms with van der Waals surface area (Å²) in [7, 11) is 1.35. The lowest BCUT2D eigenvalue weighted by Gasteiger charge is -2.10. The zero-order chi connectivity index (χ0) is 22.1. The number of nitrogens with one attached hydrogen (secondary N) is 1. The van der Waals surface area contributed by atoms with Crippen molar-refractivity contribution in [2.24, 2.45) is 0 Å². The Labute approximate surface area is 178 Å². The van der Waals surface area contributed by atoms with Gasteiger partial charge >= 0.3 is 6.61 Å². The van der Waals surface area contributed by atoms with E-state index in [0.717, 1.165) is 5.56 Å². The molecule has 160 valence electrons. The van der Waals surface area contributed by atoms with Crippen LogP contribution in [0, 0.1) is 0 Å². The minimum absolute atomic E-state index is 0.0753. The van der Waals surface area contributed by atoms with E-state index in [0.29, 0.717) is 23.6 Å². The van der Waals surface area contributed by atoms with Gasteiger partial charge < -0.3 is 19.5 Å². The topological polar surface area (TPSA) is 56.8 Å². The average Bonchev–Trinajstić information content (AvgIpc) is 2.78. The van der Waals surface area contributed by atoms with Gasteiger partial charge in [-0.05, 0) is 53.6 Å². The van der Waals surface area contributed by atoms with Gasteiger partial charge in [0.2, 0.25) is 5.91 Å². The van der Waals surface area contributed by atoms with Crippen LogP contribution < -0.4 is 19.5 Å². The molecule has 0 unspecified atom stereocenters. The number of rotatable bonds is 9. The molecule has 7 heteroatoms. The van der Waals surface area contributed by atoms with E-state index in [1.165, 1.54) is 25.3 Å². The van der Waals surface area contributed by atoms with Crippen LogP contribution in [-0.2, 0) is 11.4 Å². The standard InChI is InChI=1S/C24H21F2NO4/c1-29-22-15-17(7-13-21(22)31-24(25)26)8-14-23(28)27-19-9-11-20(12-10-19)30-16-18-5-3-2-4-6-18/h2-15,24H,16H2,1H3,(H,27,28). The number of anilines is 1. The number of methoxy groups -OCH3 is 1. The van der Waals surface area contributed by atoms with E-state index in [2.05, 4.69) is 10.1 Å². The van der Waals surface area contributed by atoms with E-state index < -0.39 is 6.61 Å². The molecule has 0 fully saturated rings. The van der Waals surface area contributed by atoms with Gasteiger partial charge in [0.1, 0.15) is 12.4 Å². The number of hydrogen-bond acceptors (Lipinski definition) is 4. The van der Waals surface area contributed by atoms with E-state index in [4.69, 9.17) is 9.47 Å². The Morgan fingerprint density at radius 2 is 1.74 bits per heavy atom. The predicted octanol–water partition coefficient (Wildman–Crippen LogP) is 5.53. The maximum atomic E-state index is 12.4. The lowest BCUT2D eigenvalue weighted by atomic mass is 10.2. The fraction of sp³-hybridized carbons (Fsp3) is 0.125. The minimum atomic E-state index is -2.95. The summed E-state index contributed by atoms with van der Waals surface area (Å²) in [5, 5.41) is 2.74. The Bertz CT molecular complexity index is 1020. The summed E-state index contributed by atoms with van der Waals surface area (Å²) in [6.07, 6.45) is 2.88. The number of hydrogen-bond donors (Lipinski definition) is 1. The van der Waals surface area contributed by atoms with Crippen LogP contribution in [0.1, 0.15) is 11.1 Å². The molecule has 3 rings (SSSR count). The summed E-state index contributed by atoms with van der Waals surface area (Å²) in [6.45, 7) is -2.49. The number of halogens is 2. The maximum Gasteiger partial charge on any atom is 0.387 e. The molecule has 0 aliphatic heterocycles. The first-order valence-electron chi connectivity index (χ1n) is 9.42. The maximum absolute atomic E-state index is 12.4. The highest BCUT2D eigenvalue weighted by molar-refractivity contribution is 6.01. The molecule has 5 nitrogen and oxygen atoms in total. The quantitative estimate of drug-likeness (QED) is 0.458. The lowest BCUT2D eigenvalue weighted by molar-refractivity contribution is -0.111. The van der Waals surface area contributed by atoms with Crippen molar-refractivity contribution in [3.8, 4) is 17.2 Å². The van der Waals surface area contributed by atoms with Crippen molar-refractivity contribution in [1.82, 2.24) is 0 Å². The van der Waals surface area contributed by atoms with Crippen molar-refractivity contribution in [1.29, 1.82) is 0 Å². The fourth-order valence-corrected chi connectivity index (χ4v) is 2.71. The molecule has 1 amide bonds. The van der Waals surface area contributed by atoms with Crippen LogP contribution in [0.15, 0.2) is 78.9 Å². The van der Waals surface area contributed by atoms with Gasteiger partial charge in [0.05, 0.1) is 7.11 Å². The third-order valence-corrected chi connectivity index (χ3v) is 4.20. The van der Waals surface area contributed by atoms with Crippen LogP contribution in [0.4, 0.5) is 14.5 Å². The number of ether oxygens (including phenoxy) is 3. The summed E-state index contributed by atoms with van der Waals surface area (Å²) in [5.74, 6) is 0.419. The van der Waals surface area contributed by atoms with E-state index >= 15 is 0 Å². The second-order valence-electron chi connectivity index (χ2n) is 6.41. The minimum Gasteiger partial charge on any atom is -0.493 e. The van der Waals surface area contributed by atoms with E-state index in [9.17, 15) is 13.6 Å². The van der Waals surface area contributed by atoms with Crippen LogP contribution in [-0.4, -0.2) is 19.6 Å². The number of carbonyl (C=O) groups is 1. The second kappa shape index (κ2) is 10.8. The number of amides is 1. The van der Waals surface area contributed by atoms with Crippen LogP contribution in [0.25, 0.3) is 6.08 Å². The van der Waals surface area contributed by atoms with Crippen LogP contribution in [0.3, 0.4) is 0 Å². The Balaban J connectivity index is 1.54. The molecule has 0 aliphatic carbocycles. The molecule has 31 heavy (non-hydrogen) atoms. The molecule has 0 heterocycles. The van der Waals surface area contributed by atoms with Gasteiger partial charge in [-0.15, -0.1) is 0 Å². The molecule has 0 saturated carbocycles. The first kappa shape index (κ1) is 21.8. The normalized spacial score (nSPS) is 10.8. The van der Waals surface area contributed by atoms with Gasteiger partial charge in [-0.1, -0.05) is 36.4 Å². The summed E-state index contributed by atoms with van der Waals surface area (Å²) in [5.41, 5.74) is 2.27. The SMILES string of the molecule is COc1cc(C=CC(=O)Nc2ccc(OCc3ccccc3)cc2)ccc1OC(F)F. The van der Waals surface area contributed by atoms with Gasteiger partial charge in [-0.2, -0.15) is 8.78 Å². The van der Waals surface area contributed by atoms with Crippen molar-refractivity contribution >= 4 is 17.7 Å². The highest BCUT2D eigenvalue weighted by Gasteiger charge is 2.10. The molecule has 0 saturated heterocycles. The molecule has 3 aromatic rings. The number of benzene rings is 3. The van der Waals surface area contributed by atoms with E-state index in [1.807, 2.05) is 30.3 Å². The number of alkyl halides is 2. The third-order valence-electron chi connectivity index (χ3n) is 4.20. The first-order valence-corrected chi connectivity index (χ1v) is 9.42. The first-order chi connectivity index (χ1) is 15.0. The zero-order valence-corrected chi connectivity index (χ0v) is 16.8. The highest BCUT2D eigenvalue weighted by atomic mass is 19.3. The third kappa shape index (κ3) is 6.85. The van der Waals surface area contributed by atoms with Gasteiger partial charge in [-0.3, -0.25) is 4.79 Å². The number of carbonyl (C=O) groups excluding carboxylic acids is 1. The second-order valence-corrected chi connectivity index (χ2v) is 6.41. The Hall–Kier alpha value is -3.87.